The molecule has 0 spiro atoms. The van der Waals surface area contributed by atoms with Gasteiger partial charge in [0.15, 0.2) is 0 Å². The third-order valence-corrected chi connectivity index (χ3v) is 2.52. The zero-order valence-corrected chi connectivity index (χ0v) is 11.9. The van der Waals surface area contributed by atoms with E-state index >= 15 is 0 Å². The van der Waals surface area contributed by atoms with Gasteiger partial charge in [0.2, 0.25) is 5.91 Å². The fourth-order valence-electron chi connectivity index (χ4n) is 1.43. The van der Waals surface area contributed by atoms with Gasteiger partial charge >= 0.3 is 5.97 Å². The Morgan fingerprint density at radius 3 is 2.22 bits per heavy atom. The minimum atomic E-state index is -0.243. The van der Waals surface area contributed by atoms with E-state index in [4.69, 9.17) is 0 Å². The Morgan fingerprint density at radius 1 is 1.17 bits per heavy atom. The fourth-order valence-corrected chi connectivity index (χ4v) is 1.43. The van der Waals surface area contributed by atoms with Crippen LogP contribution in [0.1, 0.15) is 33.6 Å². The Kier molecular flexibility index (Phi) is 7.76. The van der Waals surface area contributed by atoms with Crippen LogP contribution in [-0.4, -0.2) is 37.5 Å². The number of rotatable bonds is 6. The number of methoxy groups -OCH3 is 1. The van der Waals surface area contributed by atoms with Crippen molar-refractivity contribution in [3.63, 3.8) is 0 Å². The molecule has 0 radical (unpaired) electrons. The molecule has 0 aliphatic carbocycles. The molecule has 102 valence electrons. The van der Waals surface area contributed by atoms with E-state index in [1.165, 1.54) is 7.11 Å². The van der Waals surface area contributed by atoms with Crippen LogP contribution in [-0.2, 0) is 14.3 Å². The van der Waals surface area contributed by atoms with E-state index in [1.54, 1.807) is 11.9 Å². The number of amides is 1. The van der Waals surface area contributed by atoms with Crippen molar-refractivity contribution < 1.29 is 14.3 Å². The number of carbonyl (C=O) groups excluding carboxylic acids is 2. The van der Waals surface area contributed by atoms with E-state index in [0.717, 1.165) is 11.1 Å². The smallest absolute Gasteiger partial charge is 0.309 e. The van der Waals surface area contributed by atoms with Gasteiger partial charge in [0.05, 0.1) is 13.5 Å². The Morgan fingerprint density at radius 2 is 1.72 bits per heavy atom. The normalized spacial score (nSPS) is 12.3. The molecule has 1 amide bonds. The first kappa shape index (κ1) is 16.4. The Bertz CT molecular complexity index is 356. The molecule has 0 bridgehead atoms. The van der Waals surface area contributed by atoms with E-state index in [-0.39, 0.29) is 11.9 Å². The summed E-state index contributed by atoms with van der Waals surface area (Å²) in [5.41, 5.74) is 2.01. The first-order chi connectivity index (χ1) is 8.40. The van der Waals surface area contributed by atoms with Gasteiger partial charge in [-0.3, -0.25) is 9.59 Å². The van der Waals surface area contributed by atoms with E-state index in [1.807, 2.05) is 32.9 Å². The predicted molar refractivity (Wildman–Crippen MR) is 72.1 cm³/mol. The summed E-state index contributed by atoms with van der Waals surface area (Å²) in [5.74, 6) is -0.119. The first-order valence-electron chi connectivity index (χ1n) is 6.04. The van der Waals surface area contributed by atoms with Gasteiger partial charge < -0.3 is 9.64 Å². The van der Waals surface area contributed by atoms with E-state index in [9.17, 15) is 9.59 Å². The molecule has 0 N–H and O–H groups in total. The maximum Gasteiger partial charge on any atom is 0.309 e. The van der Waals surface area contributed by atoms with Crippen LogP contribution in [0.25, 0.3) is 0 Å². The molecule has 0 atom stereocenters. The van der Waals surface area contributed by atoms with E-state index in [2.05, 4.69) is 4.74 Å². The van der Waals surface area contributed by atoms with Crippen LogP contribution in [0.4, 0.5) is 0 Å². The second-order valence-electron chi connectivity index (χ2n) is 4.38. The monoisotopic (exact) mass is 253 g/mol. The summed E-state index contributed by atoms with van der Waals surface area (Å²) < 4.78 is 4.58. The number of ether oxygens (including phenoxy) is 1. The van der Waals surface area contributed by atoms with Gasteiger partial charge in [0, 0.05) is 20.0 Å². The standard InChI is InChI=1S/C14H23NO3/c1-6-13(16)15(4)10-12(3)8-7-11(2)9-14(17)18-5/h7-8H,6,9-10H2,1-5H3/b11-7+,12-8+. The Labute approximate surface area is 109 Å². The molecule has 0 aromatic heterocycles. The van der Waals surface area contributed by atoms with E-state index < -0.39 is 0 Å². The zero-order valence-electron chi connectivity index (χ0n) is 11.9. The van der Waals surface area contributed by atoms with Gasteiger partial charge in [-0.2, -0.15) is 0 Å². The Hall–Kier alpha value is -1.58. The van der Waals surface area contributed by atoms with Crippen molar-refractivity contribution in [1.29, 1.82) is 0 Å². The summed E-state index contributed by atoms with van der Waals surface area (Å²) in [5, 5.41) is 0. The highest BCUT2D eigenvalue weighted by molar-refractivity contribution is 5.75. The molecule has 0 fully saturated rings. The predicted octanol–water partition coefficient (Wildman–Crippen LogP) is 2.31. The lowest BCUT2D eigenvalue weighted by Gasteiger charge is -2.16. The molecule has 0 saturated heterocycles. The van der Waals surface area contributed by atoms with Crippen molar-refractivity contribution in [2.45, 2.75) is 33.6 Å². The average Bonchev–Trinajstić information content (AvgIpc) is 2.34. The van der Waals surface area contributed by atoms with Crippen LogP contribution < -0.4 is 0 Å². The Balaban J connectivity index is 4.37. The van der Waals surface area contributed by atoms with Crippen LogP contribution in [0.15, 0.2) is 23.3 Å². The van der Waals surface area contributed by atoms with Crippen molar-refractivity contribution in [3.05, 3.63) is 23.3 Å². The minimum absolute atomic E-state index is 0.123. The molecule has 18 heavy (non-hydrogen) atoms. The SMILES string of the molecule is CCC(=O)N(C)C/C(C)=C/C=C(\C)CC(=O)OC. The topological polar surface area (TPSA) is 46.6 Å². The molecule has 0 heterocycles. The zero-order chi connectivity index (χ0) is 14.1. The summed E-state index contributed by atoms with van der Waals surface area (Å²) in [7, 11) is 3.16. The summed E-state index contributed by atoms with van der Waals surface area (Å²) >= 11 is 0. The van der Waals surface area contributed by atoms with Gasteiger partial charge in [0.1, 0.15) is 0 Å². The second-order valence-corrected chi connectivity index (χ2v) is 4.38. The van der Waals surface area contributed by atoms with Gasteiger partial charge in [-0.25, -0.2) is 0 Å². The lowest BCUT2D eigenvalue weighted by atomic mass is 10.1. The molecule has 4 nitrogen and oxygen atoms in total. The molecule has 4 heteroatoms. The quantitative estimate of drug-likeness (QED) is 0.539. The van der Waals surface area contributed by atoms with Gasteiger partial charge in [-0.05, 0) is 13.8 Å². The third kappa shape index (κ3) is 6.89. The van der Waals surface area contributed by atoms with Crippen molar-refractivity contribution in [3.8, 4) is 0 Å². The number of nitrogens with zero attached hydrogens (tertiary/aromatic N) is 1. The van der Waals surface area contributed by atoms with Gasteiger partial charge in [-0.15, -0.1) is 0 Å². The van der Waals surface area contributed by atoms with Crippen LogP contribution >= 0.6 is 0 Å². The number of hydrogen-bond acceptors (Lipinski definition) is 3. The van der Waals surface area contributed by atoms with Crippen molar-refractivity contribution >= 4 is 11.9 Å². The van der Waals surface area contributed by atoms with Crippen LogP contribution in [0.3, 0.4) is 0 Å². The summed E-state index contributed by atoms with van der Waals surface area (Å²) in [6.07, 6.45) is 4.62. The molecular formula is C14H23NO3. The first-order valence-corrected chi connectivity index (χ1v) is 6.04. The number of allylic oxidation sites excluding steroid dienone is 2. The molecule has 0 rings (SSSR count). The minimum Gasteiger partial charge on any atom is -0.469 e. The van der Waals surface area contributed by atoms with Crippen molar-refractivity contribution in [2.75, 3.05) is 20.7 Å². The maximum absolute atomic E-state index is 11.4. The van der Waals surface area contributed by atoms with Gasteiger partial charge in [0.25, 0.3) is 0 Å². The number of likely N-dealkylation sites (N-methyl/N-ethyl adjacent to an activating group) is 1. The highest BCUT2D eigenvalue weighted by Gasteiger charge is 2.05. The lowest BCUT2D eigenvalue weighted by Crippen LogP contribution is -2.27. The third-order valence-electron chi connectivity index (χ3n) is 2.52. The van der Waals surface area contributed by atoms with Crippen LogP contribution in [0.5, 0.6) is 0 Å². The van der Waals surface area contributed by atoms with Crippen LogP contribution in [0.2, 0.25) is 0 Å². The highest BCUT2D eigenvalue weighted by Crippen LogP contribution is 2.04. The lowest BCUT2D eigenvalue weighted by molar-refractivity contribution is -0.139. The molecule has 0 aliphatic rings. The molecule has 0 saturated carbocycles. The van der Waals surface area contributed by atoms with Gasteiger partial charge in [-0.1, -0.05) is 30.2 Å². The number of hydrogen-bond donors (Lipinski definition) is 0. The average molecular weight is 253 g/mol. The summed E-state index contributed by atoms with van der Waals surface area (Å²) in [6, 6.07) is 0. The number of esters is 1. The summed E-state index contributed by atoms with van der Waals surface area (Å²) in [6.45, 7) is 6.29. The largest absolute Gasteiger partial charge is 0.469 e. The molecule has 0 aliphatic heterocycles. The fraction of sp³-hybridized carbons (Fsp3) is 0.571. The number of carbonyl (C=O) groups is 2. The molecule has 0 unspecified atom stereocenters. The molecule has 0 aromatic carbocycles. The van der Waals surface area contributed by atoms with Crippen molar-refractivity contribution in [2.24, 2.45) is 0 Å². The van der Waals surface area contributed by atoms with Crippen molar-refractivity contribution in [1.82, 2.24) is 4.90 Å². The molecular weight excluding hydrogens is 230 g/mol. The highest BCUT2D eigenvalue weighted by atomic mass is 16.5. The molecule has 0 aromatic rings. The second kappa shape index (κ2) is 8.50. The van der Waals surface area contributed by atoms with E-state index in [0.29, 0.717) is 19.4 Å². The summed E-state index contributed by atoms with van der Waals surface area (Å²) in [4.78, 5) is 24.1. The maximum atomic E-state index is 11.4. The van der Waals surface area contributed by atoms with Crippen LogP contribution in [0, 0.1) is 0 Å².